The average Bonchev–Trinajstić information content (AvgIpc) is 2.18. The van der Waals surface area contributed by atoms with E-state index in [1.54, 1.807) is 20.8 Å². The lowest BCUT2D eigenvalue weighted by Crippen LogP contribution is -2.18. The second kappa shape index (κ2) is 8.76. The van der Waals surface area contributed by atoms with E-state index in [-0.39, 0.29) is 18.4 Å². The van der Waals surface area contributed by atoms with Crippen LogP contribution in [-0.2, 0) is 19.1 Å². The summed E-state index contributed by atoms with van der Waals surface area (Å²) >= 11 is 0. The molecule has 5 heteroatoms. The molecule has 0 atom stereocenters. The van der Waals surface area contributed by atoms with Crippen molar-refractivity contribution in [2.24, 2.45) is 0 Å². The van der Waals surface area contributed by atoms with Crippen LogP contribution in [0.1, 0.15) is 27.2 Å². The summed E-state index contributed by atoms with van der Waals surface area (Å²) in [5.74, 6) is -0.637. The van der Waals surface area contributed by atoms with Gasteiger partial charge in [-0.05, 0) is 20.8 Å². The number of rotatable bonds is 7. The minimum Gasteiger partial charge on any atom is -0.466 e. The summed E-state index contributed by atoms with van der Waals surface area (Å²) in [6.07, 6.45) is 1.64. The fourth-order valence-electron chi connectivity index (χ4n) is 1.01. The maximum Gasteiger partial charge on any atom is 0.332 e. The summed E-state index contributed by atoms with van der Waals surface area (Å²) in [5.41, 5.74) is 0.669. The molecule has 0 heterocycles. The molecule has 0 aliphatic heterocycles. The van der Waals surface area contributed by atoms with Gasteiger partial charge in [-0.25, -0.2) is 4.79 Å². The van der Waals surface area contributed by atoms with Gasteiger partial charge in [-0.1, -0.05) is 0 Å². The predicted octanol–water partition coefficient (Wildman–Crippen LogP) is 0.996. The topological polar surface area (TPSA) is 64.6 Å². The average molecular weight is 229 g/mol. The van der Waals surface area contributed by atoms with Gasteiger partial charge < -0.3 is 14.8 Å². The highest BCUT2D eigenvalue weighted by molar-refractivity contribution is 5.82. The Bertz CT molecular complexity index is 261. The fourth-order valence-corrected chi connectivity index (χ4v) is 1.01. The molecule has 0 amide bonds. The number of nitrogens with one attached hydrogen (secondary N) is 1. The van der Waals surface area contributed by atoms with Crippen molar-refractivity contribution in [2.45, 2.75) is 27.2 Å². The molecule has 0 rings (SSSR count). The zero-order chi connectivity index (χ0) is 12.4. The van der Waals surface area contributed by atoms with Crippen LogP contribution >= 0.6 is 0 Å². The van der Waals surface area contributed by atoms with E-state index in [0.29, 0.717) is 25.5 Å². The normalized spacial score (nSPS) is 10.8. The second-order valence-corrected chi connectivity index (χ2v) is 3.06. The summed E-state index contributed by atoms with van der Waals surface area (Å²) in [4.78, 5) is 22.0. The Morgan fingerprint density at radius 2 is 1.81 bits per heavy atom. The Balaban J connectivity index is 3.76. The Hall–Kier alpha value is -1.52. The van der Waals surface area contributed by atoms with E-state index in [1.807, 2.05) is 0 Å². The van der Waals surface area contributed by atoms with Crippen molar-refractivity contribution in [1.29, 1.82) is 0 Å². The maximum atomic E-state index is 11.0. The third-order valence-electron chi connectivity index (χ3n) is 1.66. The molecule has 92 valence electrons. The number of hydrogen-bond donors (Lipinski definition) is 1. The van der Waals surface area contributed by atoms with Gasteiger partial charge in [0.1, 0.15) is 0 Å². The van der Waals surface area contributed by atoms with Crippen molar-refractivity contribution < 1.29 is 19.1 Å². The van der Waals surface area contributed by atoms with E-state index >= 15 is 0 Å². The smallest absolute Gasteiger partial charge is 0.332 e. The fraction of sp³-hybridized carbons (Fsp3) is 0.636. The third kappa shape index (κ3) is 7.84. The summed E-state index contributed by atoms with van der Waals surface area (Å²) < 4.78 is 9.48. The minimum atomic E-state index is -0.386. The Morgan fingerprint density at radius 3 is 2.38 bits per heavy atom. The number of carbonyl (C=O) groups is 2. The highest BCUT2D eigenvalue weighted by atomic mass is 16.5. The van der Waals surface area contributed by atoms with Crippen LogP contribution in [0.3, 0.4) is 0 Å². The van der Waals surface area contributed by atoms with E-state index < -0.39 is 0 Å². The molecule has 0 fully saturated rings. The molecule has 16 heavy (non-hydrogen) atoms. The van der Waals surface area contributed by atoms with Gasteiger partial charge in [-0.2, -0.15) is 0 Å². The molecule has 0 aromatic rings. The summed E-state index contributed by atoms with van der Waals surface area (Å²) in [5, 5.41) is 2.92. The van der Waals surface area contributed by atoms with Gasteiger partial charge in [0.2, 0.25) is 0 Å². The molecule has 0 aromatic carbocycles. The van der Waals surface area contributed by atoms with E-state index in [1.165, 1.54) is 6.08 Å². The number of allylic oxidation sites excluding steroid dienone is 1. The van der Waals surface area contributed by atoms with E-state index in [9.17, 15) is 9.59 Å². The minimum absolute atomic E-state index is 0.251. The standard InChI is InChI=1S/C11H19NO4/c1-4-15-10(13)6-7-12-9(3)8-11(14)16-5-2/h8,12H,4-7H2,1-3H3/b9-8+. The lowest BCUT2D eigenvalue weighted by molar-refractivity contribution is -0.143. The molecule has 0 bridgehead atoms. The molecule has 0 aromatic heterocycles. The first-order chi connectivity index (χ1) is 7.60. The number of ether oxygens (including phenoxy) is 2. The summed E-state index contributed by atoms with van der Waals surface area (Å²) in [6, 6.07) is 0. The Labute approximate surface area is 95.8 Å². The summed E-state index contributed by atoms with van der Waals surface area (Å²) in [6.45, 7) is 6.43. The maximum absolute atomic E-state index is 11.0. The largest absolute Gasteiger partial charge is 0.466 e. The first kappa shape index (κ1) is 14.5. The van der Waals surface area contributed by atoms with Crippen LogP contribution in [0.25, 0.3) is 0 Å². The lowest BCUT2D eigenvalue weighted by Gasteiger charge is -2.06. The van der Waals surface area contributed by atoms with Crippen molar-refractivity contribution in [2.75, 3.05) is 19.8 Å². The summed E-state index contributed by atoms with van der Waals surface area (Å²) in [7, 11) is 0. The van der Waals surface area contributed by atoms with Crippen molar-refractivity contribution in [3.05, 3.63) is 11.8 Å². The molecular formula is C11H19NO4. The van der Waals surface area contributed by atoms with Gasteiger partial charge in [-0.3, -0.25) is 4.79 Å². The van der Waals surface area contributed by atoms with Crippen LogP contribution in [0.4, 0.5) is 0 Å². The lowest BCUT2D eigenvalue weighted by atomic mass is 10.4. The van der Waals surface area contributed by atoms with Crippen LogP contribution in [0, 0.1) is 0 Å². The number of hydrogen-bond acceptors (Lipinski definition) is 5. The van der Waals surface area contributed by atoms with Gasteiger partial charge in [-0.15, -0.1) is 0 Å². The SMILES string of the molecule is CCOC(=O)/C=C(\C)NCCC(=O)OCC. The van der Waals surface area contributed by atoms with Crippen molar-refractivity contribution in [3.63, 3.8) is 0 Å². The Kier molecular flexibility index (Phi) is 7.93. The molecule has 1 N–H and O–H groups in total. The zero-order valence-electron chi connectivity index (χ0n) is 10.0. The van der Waals surface area contributed by atoms with Gasteiger partial charge in [0.05, 0.1) is 19.6 Å². The molecular weight excluding hydrogens is 210 g/mol. The molecule has 0 aliphatic carbocycles. The van der Waals surface area contributed by atoms with Gasteiger partial charge >= 0.3 is 11.9 Å². The van der Waals surface area contributed by atoms with E-state index in [4.69, 9.17) is 9.47 Å². The highest BCUT2D eigenvalue weighted by Gasteiger charge is 2.01. The van der Waals surface area contributed by atoms with Crippen LogP contribution in [0.2, 0.25) is 0 Å². The molecule has 0 saturated carbocycles. The van der Waals surface area contributed by atoms with Crippen LogP contribution in [0.5, 0.6) is 0 Å². The van der Waals surface area contributed by atoms with Gasteiger partial charge in [0.25, 0.3) is 0 Å². The van der Waals surface area contributed by atoms with E-state index in [0.717, 1.165) is 0 Å². The predicted molar refractivity (Wildman–Crippen MR) is 59.6 cm³/mol. The third-order valence-corrected chi connectivity index (χ3v) is 1.66. The van der Waals surface area contributed by atoms with E-state index in [2.05, 4.69) is 5.32 Å². The number of carbonyl (C=O) groups excluding carboxylic acids is 2. The first-order valence-corrected chi connectivity index (χ1v) is 5.34. The first-order valence-electron chi connectivity index (χ1n) is 5.34. The molecule has 0 aliphatic rings. The van der Waals surface area contributed by atoms with Gasteiger partial charge in [0.15, 0.2) is 0 Å². The van der Waals surface area contributed by atoms with Crippen LogP contribution < -0.4 is 5.32 Å². The molecule has 0 radical (unpaired) electrons. The molecule has 0 saturated heterocycles. The van der Waals surface area contributed by atoms with Crippen molar-refractivity contribution >= 4 is 11.9 Å². The highest BCUT2D eigenvalue weighted by Crippen LogP contribution is 1.91. The van der Waals surface area contributed by atoms with Gasteiger partial charge in [0, 0.05) is 18.3 Å². The molecule has 0 spiro atoms. The second-order valence-electron chi connectivity index (χ2n) is 3.06. The number of esters is 2. The van der Waals surface area contributed by atoms with Crippen LogP contribution in [0.15, 0.2) is 11.8 Å². The molecule has 5 nitrogen and oxygen atoms in total. The van der Waals surface area contributed by atoms with Crippen LogP contribution in [-0.4, -0.2) is 31.7 Å². The zero-order valence-corrected chi connectivity index (χ0v) is 10.0. The Morgan fingerprint density at radius 1 is 1.19 bits per heavy atom. The quantitative estimate of drug-likeness (QED) is 0.521. The monoisotopic (exact) mass is 229 g/mol. The van der Waals surface area contributed by atoms with Crippen molar-refractivity contribution in [3.8, 4) is 0 Å². The van der Waals surface area contributed by atoms with Crippen molar-refractivity contribution in [1.82, 2.24) is 5.32 Å². The molecule has 0 unspecified atom stereocenters.